The van der Waals surface area contributed by atoms with E-state index in [4.69, 9.17) is 16.3 Å². The van der Waals surface area contributed by atoms with Crippen LogP contribution in [0.15, 0.2) is 29.8 Å². The van der Waals surface area contributed by atoms with E-state index in [9.17, 15) is 0 Å². The second-order valence-electron chi connectivity index (χ2n) is 7.12. The summed E-state index contributed by atoms with van der Waals surface area (Å²) < 4.78 is 5.39. The van der Waals surface area contributed by atoms with Crippen LogP contribution in [-0.2, 0) is 13.1 Å². The molecule has 2 heterocycles. The fourth-order valence-corrected chi connectivity index (χ4v) is 4.92. The van der Waals surface area contributed by atoms with Crippen LogP contribution in [0.25, 0.3) is 0 Å². The number of piperidine rings is 1. The van der Waals surface area contributed by atoms with E-state index in [0.717, 1.165) is 42.5 Å². The highest BCUT2D eigenvalue weighted by molar-refractivity contribution is 7.09. The first-order valence-electron chi connectivity index (χ1n) is 8.86. The summed E-state index contributed by atoms with van der Waals surface area (Å²) in [6.45, 7) is 4.02. The highest BCUT2D eigenvalue weighted by atomic mass is 35.5. The number of thiazole rings is 1. The number of aromatic nitrogens is 1. The Morgan fingerprint density at radius 1 is 1.35 bits per heavy atom. The van der Waals surface area contributed by atoms with Gasteiger partial charge in [-0.25, -0.2) is 4.98 Å². The third-order valence-corrected chi connectivity index (χ3v) is 6.77. The number of nitrogens with zero attached hydrogens (tertiary/aromatic N) is 2. The topological polar surface area (TPSA) is 37.4 Å². The summed E-state index contributed by atoms with van der Waals surface area (Å²) in [6, 6.07) is 6.54. The molecule has 26 heavy (non-hydrogen) atoms. The molecule has 2 fully saturated rings. The third-order valence-electron chi connectivity index (χ3n) is 5.63. The fourth-order valence-electron chi connectivity index (χ4n) is 4.10. The predicted octanol–water partition coefficient (Wildman–Crippen LogP) is 4.37. The van der Waals surface area contributed by atoms with E-state index in [0.29, 0.717) is 11.5 Å². The van der Waals surface area contributed by atoms with E-state index in [-0.39, 0.29) is 12.4 Å². The Hall–Kier alpha value is -0.850. The Morgan fingerprint density at radius 2 is 2.15 bits per heavy atom. The number of hydrogen-bond acceptors (Lipinski definition) is 5. The van der Waals surface area contributed by atoms with Gasteiger partial charge in [-0.05, 0) is 61.5 Å². The summed E-state index contributed by atoms with van der Waals surface area (Å²) in [5.41, 5.74) is 1.63. The summed E-state index contributed by atoms with van der Waals surface area (Å²) in [5.74, 6) is 0.862. The normalized spacial score (nSPS) is 20.8. The van der Waals surface area contributed by atoms with Crippen molar-refractivity contribution >= 4 is 35.3 Å². The van der Waals surface area contributed by atoms with Crippen molar-refractivity contribution in [1.29, 1.82) is 0 Å². The van der Waals surface area contributed by atoms with Gasteiger partial charge in [0.2, 0.25) is 0 Å². The minimum atomic E-state index is 0. The summed E-state index contributed by atoms with van der Waals surface area (Å²) in [5, 5.41) is 7.53. The zero-order chi connectivity index (χ0) is 17.3. The third kappa shape index (κ3) is 4.18. The molecule has 1 saturated heterocycles. The first kappa shape index (κ1) is 19.9. The molecule has 7 heteroatoms. The highest BCUT2D eigenvalue weighted by Gasteiger charge is 2.56. The molecule has 2 aromatic rings. The van der Waals surface area contributed by atoms with Gasteiger partial charge in [0.15, 0.2) is 0 Å². The number of methoxy groups -OCH3 is 1. The molecular weight excluding hydrogens is 389 g/mol. The average Bonchev–Trinajstić information content (AvgIpc) is 3.06. The van der Waals surface area contributed by atoms with Gasteiger partial charge in [0.1, 0.15) is 10.8 Å². The quantitative estimate of drug-likeness (QED) is 0.762. The zero-order valence-electron chi connectivity index (χ0n) is 14.9. The van der Waals surface area contributed by atoms with E-state index < -0.39 is 0 Å². The van der Waals surface area contributed by atoms with Crippen molar-refractivity contribution in [2.45, 2.75) is 38.4 Å². The maximum atomic E-state index is 6.48. The molecule has 1 aromatic heterocycles. The van der Waals surface area contributed by atoms with Crippen molar-refractivity contribution in [3.63, 3.8) is 0 Å². The number of hydrogen-bond donors (Lipinski definition) is 1. The molecule has 0 radical (unpaired) electrons. The lowest BCUT2D eigenvalue weighted by Gasteiger charge is -2.29. The number of benzene rings is 1. The molecule has 1 spiro atoms. The van der Waals surface area contributed by atoms with Gasteiger partial charge in [-0.3, -0.25) is 4.90 Å². The van der Waals surface area contributed by atoms with Gasteiger partial charge < -0.3 is 10.1 Å². The largest absolute Gasteiger partial charge is 0.497 e. The standard InChI is InChI=1S/C19H24ClN3OS.ClH/c1-24-15-2-3-16(20)14(10-15)12-23(13-18-22-8-9-25-18)17-11-19(17)4-6-21-7-5-19;/h2-3,8-10,17,21H,4-7,11-13H2,1H3;1H. The lowest BCUT2D eigenvalue weighted by molar-refractivity contribution is 0.187. The van der Waals surface area contributed by atoms with E-state index in [1.807, 2.05) is 18.3 Å². The molecule has 142 valence electrons. The zero-order valence-corrected chi connectivity index (χ0v) is 17.3. The predicted molar refractivity (Wildman–Crippen MR) is 110 cm³/mol. The molecule has 1 saturated carbocycles. The van der Waals surface area contributed by atoms with Gasteiger partial charge in [-0.2, -0.15) is 0 Å². The highest BCUT2D eigenvalue weighted by Crippen LogP contribution is 2.56. The number of rotatable bonds is 6. The Labute approximate surface area is 170 Å². The van der Waals surface area contributed by atoms with Gasteiger partial charge in [0, 0.05) is 29.2 Å². The van der Waals surface area contributed by atoms with Crippen LogP contribution < -0.4 is 10.1 Å². The van der Waals surface area contributed by atoms with Crippen LogP contribution in [0.1, 0.15) is 29.8 Å². The van der Waals surface area contributed by atoms with Crippen molar-refractivity contribution in [3.05, 3.63) is 45.4 Å². The second kappa shape index (κ2) is 8.44. The fraction of sp³-hybridized carbons (Fsp3) is 0.526. The van der Waals surface area contributed by atoms with Crippen molar-refractivity contribution in [2.24, 2.45) is 5.41 Å². The van der Waals surface area contributed by atoms with Crippen LogP contribution in [0.4, 0.5) is 0 Å². The molecule has 4 nitrogen and oxygen atoms in total. The maximum absolute atomic E-state index is 6.48. The molecule has 1 atom stereocenters. The Balaban J connectivity index is 0.00000196. The molecule has 0 amide bonds. The molecule has 0 bridgehead atoms. The lowest BCUT2D eigenvalue weighted by Crippen LogP contribution is -2.35. The molecule has 4 rings (SSSR count). The summed E-state index contributed by atoms with van der Waals surface area (Å²) in [7, 11) is 1.70. The Morgan fingerprint density at radius 3 is 2.85 bits per heavy atom. The van der Waals surface area contributed by atoms with Crippen molar-refractivity contribution in [1.82, 2.24) is 15.2 Å². The van der Waals surface area contributed by atoms with Gasteiger partial charge in [0.25, 0.3) is 0 Å². The molecule has 1 N–H and O–H groups in total. The van der Waals surface area contributed by atoms with E-state index in [1.54, 1.807) is 18.4 Å². The SMILES string of the molecule is COc1ccc(Cl)c(CN(Cc2nccs2)C2CC23CCNCC3)c1.Cl. The van der Waals surface area contributed by atoms with Crippen molar-refractivity contribution < 1.29 is 4.74 Å². The van der Waals surface area contributed by atoms with Crippen molar-refractivity contribution in [2.75, 3.05) is 20.2 Å². The molecule has 2 aliphatic rings. The molecule has 1 aliphatic heterocycles. The molecule has 1 aliphatic carbocycles. The first-order chi connectivity index (χ1) is 12.2. The number of nitrogens with one attached hydrogen (secondary N) is 1. The molecular formula is C19H25Cl2N3OS. The average molecular weight is 414 g/mol. The van der Waals surface area contributed by atoms with Crippen molar-refractivity contribution in [3.8, 4) is 5.75 Å². The summed E-state index contributed by atoms with van der Waals surface area (Å²) in [6.07, 6.45) is 5.74. The van der Waals surface area contributed by atoms with Crippen LogP contribution >= 0.6 is 35.3 Å². The Kier molecular flexibility index (Phi) is 6.46. The van der Waals surface area contributed by atoms with Crippen LogP contribution in [0.5, 0.6) is 5.75 Å². The van der Waals surface area contributed by atoms with Gasteiger partial charge >= 0.3 is 0 Å². The van der Waals surface area contributed by atoms with Crippen LogP contribution in [-0.4, -0.2) is 36.1 Å². The van der Waals surface area contributed by atoms with Crippen LogP contribution in [0.2, 0.25) is 5.02 Å². The second-order valence-corrected chi connectivity index (χ2v) is 8.51. The minimum absolute atomic E-state index is 0. The molecule has 1 aromatic carbocycles. The van der Waals surface area contributed by atoms with E-state index in [2.05, 4.69) is 26.6 Å². The Bertz CT molecular complexity index is 720. The minimum Gasteiger partial charge on any atom is -0.497 e. The number of halogens is 2. The summed E-state index contributed by atoms with van der Waals surface area (Å²) in [4.78, 5) is 7.08. The first-order valence-corrected chi connectivity index (χ1v) is 10.1. The monoisotopic (exact) mass is 413 g/mol. The maximum Gasteiger partial charge on any atom is 0.119 e. The lowest BCUT2D eigenvalue weighted by atomic mass is 9.93. The molecule has 1 unspecified atom stereocenters. The smallest absolute Gasteiger partial charge is 0.119 e. The van der Waals surface area contributed by atoms with Gasteiger partial charge in [0.05, 0.1) is 13.7 Å². The van der Waals surface area contributed by atoms with Crippen LogP contribution in [0, 0.1) is 5.41 Å². The van der Waals surface area contributed by atoms with E-state index >= 15 is 0 Å². The summed E-state index contributed by atoms with van der Waals surface area (Å²) >= 11 is 8.21. The number of ether oxygens (including phenoxy) is 1. The van der Waals surface area contributed by atoms with Gasteiger partial charge in [-0.1, -0.05) is 11.6 Å². The van der Waals surface area contributed by atoms with E-state index in [1.165, 1.54) is 24.3 Å². The van der Waals surface area contributed by atoms with Gasteiger partial charge in [-0.15, -0.1) is 23.7 Å². The van der Waals surface area contributed by atoms with Crippen LogP contribution in [0.3, 0.4) is 0 Å².